The number of carbonyl (C=O) groups is 1. The first-order valence-corrected chi connectivity index (χ1v) is 6.09. The molecule has 1 saturated carbocycles. The molecular weight excluding hydrogens is 240 g/mol. The maximum absolute atomic E-state index is 11.8. The van der Waals surface area contributed by atoms with Gasteiger partial charge in [0.1, 0.15) is 5.15 Å². The minimum atomic E-state index is -0.730. The number of amides is 1. The molecule has 1 fully saturated rings. The molecule has 1 amide bonds. The van der Waals surface area contributed by atoms with Crippen molar-refractivity contribution in [3.05, 3.63) is 29.0 Å². The molecule has 17 heavy (non-hydrogen) atoms. The van der Waals surface area contributed by atoms with Crippen molar-refractivity contribution in [1.29, 1.82) is 0 Å². The van der Waals surface area contributed by atoms with Crippen molar-refractivity contribution in [3.63, 3.8) is 0 Å². The van der Waals surface area contributed by atoms with Crippen LogP contribution in [0.4, 0.5) is 0 Å². The monoisotopic (exact) mass is 254 g/mol. The van der Waals surface area contributed by atoms with Crippen LogP contribution in [0.25, 0.3) is 0 Å². The molecule has 0 aromatic carbocycles. The molecule has 0 saturated heterocycles. The molecule has 1 aliphatic carbocycles. The SMILES string of the molecule is O=C(NCC1(O)CCCC1)c1ccnc(Cl)c1. The molecule has 0 aliphatic heterocycles. The van der Waals surface area contributed by atoms with E-state index in [1.165, 1.54) is 12.3 Å². The third kappa shape index (κ3) is 3.17. The van der Waals surface area contributed by atoms with Gasteiger partial charge in [0.25, 0.3) is 5.91 Å². The van der Waals surface area contributed by atoms with Crippen molar-refractivity contribution < 1.29 is 9.90 Å². The first-order valence-electron chi connectivity index (χ1n) is 5.71. The van der Waals surface area contributed by atoms with Gasteiger partial charge in [-0.25, -0.2) is 4.98 Å². The molecule has 1 heterocycles. The quantitative estimate of drug-likeness (QED) is 0.808. The number of pyridine rings is 1. The molecule has 1 aliphatic rings. The Kier molecular flexibility index (Phi) is 3.64. The van der Waals surface area contributed by atoms with Gasteiger partial charge in [0, 0.05) is 18.3 Å². The van der Waals surface area contributed by atoms with E-state index in [-0.39, 0.29) is 11.1 Å². The van der Waals surface area contributed by atoms with Gasteiger partial charge < -0.3 is 10.4 Å². The number of halogens is 1. The Hall–Kier alpha value is -1.13. The second-order valence-electron chi connectivity index (χ2n) is 4.48. The van der Waals surface area contributed by atoms with Gasteiger partial charge in [-0.1, -0.05) is 24.4 Å². The smallest absolute Gasteiger partial charge is 0.251 e. The van der Waals surface area contributed by atoms with Crippen molar-refractivity contribution >= 4 is 17.5 Å². The summed E-state index contributed by atoms with van der Waals surface area (Å²) < 4.78 is 0. The predicted molar refractivity (Wildman–Crippen MR) is 65.0 cm³/mol. The number of nitrogens with zero attached hydrogens (tertiary/aromatic N) is 1. The van der Waals surface area contributed by atoms with E-state index in [9.17, 15) is 9.90 Å². The van der Waals surface area contributed by atoms with Crippen LogP contribution in [0.15, 0.2) is 18.3 Å². The standard InChI is InChI=1S/C12H15ClN2O2/c13-10-7-9(3-6-14-10)11(16)15-8-12(17)4-1-2-5-12/h3,6-7,17H,1-2,4-5,8H2,(H,15,16). The van der Waals surface area contributed by atoms with Crippen molar-refractivity contribution in [2.75, 3.05) is 6.54 Å². The molecule has 0 bridgehead atoms. The van der Waals surface area contributed by atoms with Crippen molar-refractivity contribution in [1.82, 2.24) is 10.3 Å². The molecule has 4 nitrogen and oxygen atoms in total. The number of nitrogens with one attached hydrogen (secondary N) is 1. The third-order valence-corrected chi connectivity index (χ3v) is 3.31. The number of rotatable bonds is 3. The largest absolute Gasteiger partial charge is 0.388 e. The van der Waals surface area contributed by atoms with E-state index in [0.29, 0.717) is 12.1 Å². The molecular formula is C12H15ClN2O2. The molecule has 1 aromatic rings. The Balaban J connectivity index is 1.93. The zero-order chi connectivity index (χ0) is 12.3. The van der Waals surface area contributed by atoms with Crippen LogP contribution in [0.1, 0.15) is 36.0 Å². The molecule has 2 rings (SSSR count). The number of carbonyl (C=O) groups excluding carboxylic acids is 1. The van der Waals surface area contributed by atoms with Crippen LogP contribution in [0.5, 0.6) is 0 Å². The molecule has 1 aromatic heterocycles. The summed E-state index contributed by atoms with van der Waals surface area (Å²) in [6.07, 6.45) is 5.04. The van der Waals surface area contributed by atoms with Gasteiger partial charge >= 0.3 is 0 Å². The van der Waals surface area contributed by atoms with E-state index in [0.717, 1.165) is 25.7 Å². The van der Waals surface area contributed by atoms with Gasteiger partial charge in [0.05, 0.1) is 5.60 Å². The third-order valence-electron chi connectivity index (χ3n) is 3.10. The lowest BCUT2D eigenvalue weighted by Crippen LogP contribution is -2.40. The molecule has 5 heteroatoms. The second kappa shape index (κ2) is 5.02. The summed E-state index contributed by atoms with van der Waals surface area (Å²) in [6.45, 7) is 0.297. The summed E-state index contributed by atoms with van der Waals surface area (Å²) in [5.41, 5.74) is -0.265. The van der Waals surface area contributed by atoms with Crippen LogP contribution in [0, 0.1) is 0 Å². The summed E-state index contributed by atoms with van der Waals surface area (Å²) in [7, 11) is 0. The maximum Gasteiger partial charge on any atom is 0.251 e. The Bertz CT molecular complexity index is 417. The van der Waals surface area contributed by atoms with Crippen molar-refractivity contribution in [2.45, 2.75) is 31.3 Å². The summed E-state index contributed by atoms with van der Waals surface area (Å²) in [5, 5.41) is 13.1. The zero-order valence-electron chi connectivity index (χ0n) is 9.45. The van der Waals surface area contributed by atoms with E-state index in [2.05, 4.69) is 10.3 Å². The summed E-state index contributed by atoms with van der Waals surface area (Å²) in [5.74, 6) is -0.227. The van der Waals surface area contributed by atoms with Gasteiger partial charge in [-0.3, -0.25) is 4.79 Å². The van der Waals surface area contributed by atoms with Gasteiger partial charge in [0.2, 0.25) is 0 Å². The second-order valence-corrected chi connectivity index (χ2v) is 4.87. The minimum Gasteiger partial charge on any atom is -0.388 e. The number of hydrogen-bond donors (Lipinski definition) is 2. The molecule has 0 spiro atoms. The number of aromatic nitrogens is 1. The van der Waals surface area contributed by atoms with Gasteiger partial charge in [-0.15, -0.1) is 0 Å². The van der Waals surface area contributed by atoms with Gasteiger partial charge in [0.15, 0.2) is 0 Å². The molecule has 0 unspecified atom stereocenters. The predicted octanol–water partition coefficient (Wildman–Crippen LogP) is 1.77. The Morgan fingerprint density at radius 1 is 1.53 bits per heavy atom. The topological polar surface area (TPSA) is 62.2 Å². The number of hydrogen-bond acceptors (Lipinski definition) is 3. The highest BCUT2D eigenvalue weighted by Gasteiger charge is 2.31. The summed E-state index contributed by atoms with van der Waals surface area (Å²) in [6, 6.07) is 3.11. The zero-order valence-corrected chi connectivity index (χ0v) is 10.2. The molecule has 92 valence electrons. The van der Waals surface area contributed by atoms with Crippen LogP contribution in [-0.4, -0.2) is 28.1 Å². The van der Waals surface area contributed by atoms with E-state index in [1.807, 2.05) is 0 Å². The molecule has 0 atom stereocenters. The van der Waals surface area contributed by atoms with E-state index < -0.39 is 5.60 Å². The fourth-order valence-electron chi connectivity index (χ4n) is 2.10. The van der Waals surface area contributed by atoms with Crippen LogP contribution in [0.3, 0.4) is 0 Å². The first-order chi connectivity index (χ1) is 8.09. The fraction of sp³-hybridized carbons (Fsp3) is 0.500. The summed E-state index contributed by atoms with van der Waals surface area (Å²) >= 11 is 5.70. The van der Waals surface area contributed by atoms with Crippen LogP contribution >= 0.6 is 11.6 Å². The van der Waals surface area contributed by atoms with E-state index in [4.69, 9.17) is 11.6 Å². The van der Waals surface area contributed by atoms with E-state index >= 15 is 0 Å². The van der Waals surface area contributed by atoms with Gasteiger partial charge in [-0.2, -0.15) is 0 Å². The lowest BCUT2D eigenvalue weighted by Gasteiger charge is -2.22. The van der Waals surface area contributed by atoms with Crippen LogP contribution < -0.4 is 5.32 Å². The van der Waals surface area contributed by atoms with Crippen molar-refractivity contribution in [2.24, 2.45) is 0 Å². The lowest BCUT2D eigenvalue weighted by atomic mass is 10.0. The minimum absolute atomic E-state index is 0.227. The van der Waals surface area contributed by atoms with E-state index in [1.54, 1.807) is 6.07 Å². The number of aliphatic hydroxyl groups is 1. The Morgan fingerprint density at radius 2 is 2.24 bits per heavy atom. The fourth-order valence-corrected chi connectivity index (χ4v) is 2.27. The lowest BCUT2D eigenvalue weighted by molar-refractivity contribution is 0.0449. The van der Waals surface area contributed by atoms with Crippen LogP contribution in [0.2, 0.25) is 5.15 Å². The summed E-state index contributed by atoms with van der Waals surface area (Å²) in [4.78, 5) is 15.6. The highest BCUT2D eigenvalue weighted by Crippen LogP contribution is 2.28. The molecule has 0 radical (unpaired) electrons. The first kappa shape index (κ1) is 12.3. The van der Waals surface area contributed by atoms with Crippen LogP contribution in [-0.2, 0) is 0 Å². The highest BCUT2D eigenvalue weighted by atomic mass is 35.5. The average molecular weight is 255 g/mol. The maximum atomic E-state index is 11.8. The normalized spacial score (nSPS) is 18.0. The Labute approximate surface area is 105 Å². The molecule has 2 N–H and O–H groups in total. The highest BCUT2D eigenvalue weighted by molar-refractivity contribution is 6.29. The Morgan fingerprint density at radius 3 is 2.88 bits per heavy atom. The van der Waals surface area contributed by atoms with Gasteiger partial charge in [-0.05, 0) is 25.0 Å². The average Bonchev–Trinajstić information content (AvgIpc) is 2.74. The van der Waals surface area contributed by atoms with Crippen molar-refractivity contribution in [3.8, 4) is 0 Å².